The number of hydrogen-bond acceptors (Lipinski definition) is 10. The van der Waals surface area contributed by atoms with E-state index in [1.54, 1.807) is 0 Å². The largest absolute Gasteiger partial charge is 0.858 e. The second-order valence-electron chi connectivity index (χ2n) is 6.77. The van der Waals surface area contributed by atoms with Crippen molar-refractivity contribution in [2.45, 2.75) is 37.8 Å². The molecule has 0 saturated carbocycles. The second-order valence-corrected chi connectivity index (χ2v) is 8.44. The number of benzene rings is 1. The zero-order valence-electron chi connectivity index (χ0n) is 15.5. The normalized spacial score (nSPS) is 28.1. The number of nitrogens with zero attached hydrogens (tertiary/aromatic N) is 2. The van der Waals surface area contributed by atoms with Crippen LogP contribution >= 0.6 is 7.82 Å². The Morgan fingerprint density at radius 3 is 2.47 bits per heavy atom. The SMILES string of the molecule is NC(=O)c1ncn([C@@H]2O[C@H](COP3(=O)OCc4ccccc4CO3)[C@@H](O)[C@H]2O)c1[O-]. The number of fused-ring (bicyclic) bond motifs is 1. The molecule has 2 aromatic rings. The summed E-state index contributed by atoms with van der Waals surface area (Å²) in [5, 5.41) is 32.7. The average Bonchev–Trinajstić information content (AvgIpc) is 3.17. The van der Waals surface area contributed by atoms with E-state index in [0.717, 1.165) is 22.0 Å². The predicted octanol–water partition coefficient (Wildman–Crippen LogP) is -0.454. The van der Waals surface area contributed by atoms with Gasteiger partial charge in [0, 0.05) is 0 Å². The molecular formula is C17H19N3O9P-. The van der Waals surface area contributed by atoms with Gasteiger partial charge >= 0.3 is 7.82 Å². The Morgan fingerprint density at radius 1 is 1.27 bits per heavy atom. The van der Waals surface area contributed by atoms with E-state index in [-0.39, 0.29) is 13.2 Å². The Bertz CT molecular complexity index is 966. The zero-order chi connectivity index (χ0) is 21.5. The van der Waals surface area contributed by atoms with Crippen LogP contribution in [0.1, 0.15) is 27.8 Å². The van der Waals surface area contributed by atoms with Crippen LogP contribution in [-0.4, -0.2) is 50.6 Å². The fraction of sp³-hybridized carbons (Fsp3) is 0.412. The van der Waals surface area contributed by atoms with Crippen LogP contribution in [0.5, 0.6) is 5.88 Å². The number of primary amides is 1. The first-order valence-corrected chi connectivity index (χ1v) is 10.4. The van der Waals surface area contributed by atoms with Crippen LogP contribution in [-0.2, 0) is 36.1 Å². The molecule has 3 heterocycles. The van der Waals surface area contributed by atoms with Crippen molar-refractivity contribution in [3.63, 3.8) is 0 Å². The van der Waals surface area contributed by atoms with Crippen molar-refractivity contribution in [1.82, 2.24) is 9.55 Å². The molecule has 2 aliphatic rings. The van der Waals surface area contributed by atoms with Crippen LogP contribution in [0, 0.1) is 0 Å². The quantitative estimate of drug-likeness (QED) is 0.516. The number of rotatable bonds is 5. The number of aliphatic hydroxyl groups excluding tert-OH is 2. The molecule has 162 valence electrons. The molecule has 0 radical (unpaired) electrons. The minimum Gasteiger partial charge on any atom is -0.858 e. The van der Waals surface area contributed by atoms with Crippen LogP contribution in [0.2, 0.25) is 0 Å². The molecule has 13 heteroatoms. The van der Waals surface area contributed by atoms with Crippen molar-refractivity contribution in [1.29, 1.82) is 0 Å². The van der Waals surface area contributed by atoms with E-state index in [0.29, 0.717) is 0 Å². The van der Waals surface area contributed by atoms with Gasteiger partial charge in [0.15, 0.2) is 6.23 Å². The highest BCUT2D eigenvalue weighted by Gasteiger charge is 2.45. The molecule has 30 heavy (non-hydrogen) atoms. The maximum atomic E-state index is 12.8. The summed E-state index contributed by atoms with van der Waals surface area (Å²) in [6.45, 7) is -0.428. The van der Waals surface area contributed by atoms with Gasteiger partial charge in [0.25, 0.3) is 5.91 Å². The predicted molar refractivity (Wildman–Crippen MR) is 95.7 cm³/mol. The fourth-order valence-corrected chi connectivity index (χ4v) is 4.36. The molecule has 1 amide bonds. The van der Waals surface area contributed by atoms with Gasteiger partial charge in [-0.05, 0) is 17.0 Å². The Hall–Kier alpha value is -2.31. The molecule has 1 aromatic carbocycles. The third kappa shape index (κ3) is 3.86. The number of imidazole rings is 1. The number of aliphatic hydroxyl groups is 2. The second kappa shape index (κ2) is 8.08. The number of ether oxygens (including phenoxy) is 1. The van der Waals surface area contributed by atoms with E-state index in [9.17, 15) is 24.7 Å². The van der Waals surface area contributed by atoms with Gasteiger partial charge in [-0.3, -0.25) is 18.4 Å². The molecule has 1 fully saturated rings. The lowest BCUT2D eigenvalue weighted by Crippen LogP contribution is -2.33. The summed E-state index contributed by atoms with van der Waals surface area (Å²) in [4.78, 5) is 14.8. The molecule has 2 aliphatic heterocycles. The summed E-state index contributed by atoms with van der Waals surface area (Å²) < 4.78 is 35.0. The fourth-order valence-electron chi connectivity index (χ4n) is 3.21. The van der Waals surface area contributed by atoms with Gasteiger partial charge in [0.05, 0.1) is 26.1 Å². The average molecular weight is 440 g/mol. The number of aromatic nitrogens is 2. The molecule has 1 aromatic heterocycles. The highest BCUT2D eigenvalue weighted by Crippen LogP contribution is 2.53. The number of phosphoric acid groups is 1. The highest BCUT2D eigenvalue weighted by molar-refractivity contribution is 7.48. The van der Waals surface area contributed by atoms with Crippen LogP contribution in [0.15, 0.2) is 30.6 Å². The zero-order valence-corrected chi connectivity index (χ0v) is 16.4. The summed E-state index contributed by atoms with van der Waals surface area (Å²) >= 11 is 0. The maximum absolute atomic E-state index is 12.8. The first-order valence-electron chi connectivity index (χ1n) is 8.95. The van der Waals surface area contributed by atoms with Crippen LogP contribution in [0.4, 0.5) is 0 Å². The Morgan fingerprint density at radius 2 is 1.90 bits per heavy atom. The summed E-state index contributed by atoms with van der Waals surface area (Å²) in [6, 6.07) is 7.25. The minimum absolute atomic E-state index is 0.0112. The van der Waals surface area contributed by atoms with Gasteiger partial charge in [-0.15, -0.1) is 0 Å². The molecule has 0 spiro atoms. The van der Waals surface area contributed by atoms with E-state index in [1.807, 2.05) is 24.3 Å². The molecule has 4 atom stereocenters. The van der Waals surface area contributed by atoms with Crippen molar-refractivity contribution in [2.75, 3.05) is 6.61 Å². The van der Waals surface area contributed by atoms with Crippen molar-refractivity contribution in [2.24, 2.45) is 5.73 Å². The Labute approximate surface area is 170 Å². The first kappa shape index (κ1) is 20.9. The van der Waals surface area contributed by atoms with Crippen molar-refractivity contribution < 1.29 is 43.0 Å². The Balaban J connectivity index is 1.42. The number of amides is 1. The lowest BCUT2D eigenvalue weighted by atomic mass is 10.1. The molecule has 1 saturated heterocycles. The van der Waals surface area contributed by atoms with Gasteiger partial charge in [0.2, 0.25) is 0 Å². The molecule has 0 unspecified atom stereocenters. The molecule has 0 aliphatic carbocycles. The smallest absolute Gasteiger partial charge is 0.475 e. The van der Waals surface area contributed by atoms with Gasteiger partial charge in [-0.2, -0.15) is 0 Å². The third-order valence-corrected chi connectivity index (χ3v) is 6.22. The monoisotopic (exact) mass is 440 g/mol. The molecule has 12 nitrogen and oxygen atoms in total. The van der Waals surface area contributed by atoms with Crippen molar-refractivity contribution in [3.05, 3.63) is 47.4 Å². The van der Waals surface area contributed by atoms with E-state index in [2.05, 4.69) is 4.98 Å². The molecular weight excluding hydrogens is 421 g/mol. The molecule has 0 bridgehead atoms. The number of carbonyl (C=O) groups excluding carboxylic acids is 1. The summed E-state index contributed by atoms with van der Waals surface area (Å²) in [7, 11) is -3.96. The number of carbonyl (C=O) groups is 1. The summed E-state index contributed by atoms with van der Waals surface area (Å²) in [5.74, 6) is -1.91. The van der Waals surface area contributed by atoms with Gasteiger partial charge < -0.3 is 30.4 Å². The van der Waals surface area contributed by atoms with Crippen LogP contribution in [0.3, 0.4) is 0 Å². The lowest BCUT2D eigenvalue weighted by Gasteiger charge is -2.21. The summed E-state index contributed by atoms with van der Waals surface area (Å²) in [6.07, 6.45) is -4.55. The molecule has 4 N–H and O–H groups in total. The van der Waals surface area contributed by atoms with E-state index >= 15 is 0 Å². The molecule has 4 rings (SSSR count). The third-order valence-electron chi connectivity index (χ3n) is 4.86. The minimum atomic E-state index is -3.96. The van der Waals surface area contributed by atoms with E-state index in [1.165, 1.54) is 0 Å². The number of nitrogens with two attached hydrogens (primary N) is 1. The van der Waals surface area contributed by atoms with Crippen LogP contribution < -0.4 is 10.8 Å². The van der Waals surface area contributed by atoms with Crippen molar-refractivity contribution >= 4 is 13.7 Å². The van der Waals surface area contributed by atoms with Crippen LogP contribution in [0.25, 0.3) is 0 Å². The topological polar surface area (TPSA) is 178 Å². The van der Waals surface area contributed by atoms with Crippen molar-refractivity contribution in [3.8, 4) is 5.88 Å². The van der Waals surface area contributed by atoms with E-state index in [4.69, 9.17) is 24.0 Å². The number of hydrogen-bond donors (Lipinski definition) is 3. The number of phosphoric ester groups is 1. The summed E-state index contributed by atoms with van der Waals surface area (Å²) in [5.41, 5.74) is 6.15. The standard InChI is InChI=1S/C17H20N3O9P/c18-15(23)12-16(24)20(8-19-12)17-14(22)13(21)11(29-17)7-28-30(25)26-5-9-3-1-2-4-10(9)6-27-30/h1-4,8,11,13-14,17,21-22,24H,5-7H2,(H2,18,23)/p-1/t11-,13-,14-,17-/m1/s1. The highest BCUT2D eigenvalue weighted by atomic mass is 31.2. The maximum Gasteiger partial charge on any atom is 0.475 e. The van der Waals surface area contributed by atoms with Gasteiger partial charge in [0.1, 0.15) is 24.0 Å². The van der Waals surface area contributed by atoms with Gasteiger partial charge in [-0.25, -0.2) is 9.55 Å². The van der Waals surface area contributed by atoms with Gasteiger partial charge in [-0.1, -0.05) is 24.3 Å². The Kier molecular flexibility index (Phi) is 5.64. The first-order chi connectivity index (χ1) is 14.3. The lowest BCUT2D eigenvalue weighted by molar-refractivity contribution is -0.284. The van der Waals surface area contributed by atoms with E-state index < -0.39 is 56.5 Å².